The Labute approximate surface area is 231 Å². The molecule has 0 aromatic heterocycles. The smallest absolute Gasteiger partial charge is 0.325 e. The Morgan fingerprint density at radius 3 is 1.95 bits per heavy atom. The number of benzene rings is 4. The fourth-order valence-electron chi connectivity index (χ4n) is 5.07. The van der Waals surface area contributed by atoms with E-state index in [1.54, 1.807) is 48.5 Å². The average molecular weight is 562 g/mol. The van der Waals surface area contributed by atoms with Gasteiger partial charge in [-0.15, -0.1) is 0 Å². The summed E-state index contributed by atoms with van der Waals surface area (Å²) in [5.41, 5.74) is 1.86. The Balaban J connectivity index is 1.55. The van der Waals surface area contributed by atoms with E-state index in [0.29, 0.717) is 14.9 Å². The predicted octanol–water partition coefficient (Wildman–Crippen LogP) is 5.76. The number of hydrogen-bond donors (Lipinski definition) is 2. The molecule has 2 unspecified atom stereocenters. The SMILES string of the molecule is O=C(O)CN(C1(C(=O)O)CC1c1ccccc1-c1ccccc1)S(=O)(=O)c1ccc(-c2ccc(Cl)cc2)cc1. The van der Waals surface area contributed by atoms with Crippen LogP contribution in [0.4, 0.5) is 0 Å². The second-order valence-corrected chi connectivity index (χ2v) is 11.7. The zero-order valence-corrected chi connectivity index (χ0v) is 22.1. The molecular weight excluding hydrogens is 538 g/mol. The molecule has 0 aliphatic heterocycles. The molecule has 0 heterocycles. The molecule has 9 heteroatoms. The van der Waals surface area contributed by atoms with Crippen molar-refractivity contribution < 1.29 is 28.2 Å². The quantitative estimate of drug-likeness (QED) is 0.269. The van der Waals surface area contributed by atoms with Crippen molar-refractivity contribution in [1.29, 1.82) is 0 Å². The second kappa shape index (κ2) is 10.3. The van der Waals surface area contributed by atoms with Gasteiger partial charge in [0.15, 0.2) is 0 Å². The van der Waals surface area contributed by atoms with Crippen LogP contribution in [0.3, 0.4) is 0 Å². The lowest BCUT2D eigenvalue weighted by Gasteiger charge is -2.28. The first kappa shape index (κ1) is 26.6. The Morgan fingerprint density at radius 2 is 1.36 bits per heavy atom. The lowest BCUT2D eigenvalue weighted by molar-refractivity contribution is -0.145. The van der Waals surface area contributed by atoms with E-state index in [9.17, 15) is 28.2 Å². The molecule has 0 spiro atoms. The predicted molar refractivity (Wildman–Crippen MR) is 148 cm³/mol. The summed E-state index contributed by atoms with van der Waals surface area (Å²) < 4.78 is 28.4. The van der Waals surface area contributed by atoms with Crippen LogP contribution in [0.2, 0.25) is 5.02 Å². The molecule has 1 aliphatic rings. The molecule has 1 fully saturated rings. The van der Waals surface area contributed by atoms with E-state index in [2.05, 4.69) is 0 Å². The van der Waals surface area contributed by atoms with Crippen LogP contribution in [0, 0.1) is 0 Å². The van der Waals surface area contributed by atoms with Crippen LogP contribution >= 0.6 is 11.6 Å². The molecule has 1 saturated carbocycles. The van der Waals surface area contributed by atoms with Gasteiger partial charge in [-0.25, -0.2) is 8.42 Å². The van der Waals surface area contributed by atoms with Crippen LogP contribution in [-0.2, 0) is 19.6 Å². The lowest BCUT2D eigenvalue weighted by Crippen LogP contribution is -2.50. The lowest BCUT2D eigenvalue weighted by atomic mass is 9.95. The van der Waals surface area contributed by atoms with Crippen LogP contribution in [0.15, 0.2) is 108 Å². The van der Waals surface area contributed by atoms with E-state index in [-0.39, 0.29) is 11.3 Å². The van der Waals surface area contributed by atoms with Gasteiger partial charge >= 0.3 is 11.9 Å². The third kappa shape index (κ3) is 4.94. The number of halogens is 1. The highest BCUT2D eigenvalue weighted by Crippen LogP contribution is 2.58. The minimum absolute atomic E-state index is 0.0540. The molecule has 4 aromatic carbocycles. The van der Waals surface area contributed by atoms with E-state index in [1.165, 1.54) is 12.1 Å². The molecule has 0 radical (unpaired) electrons. The Hall–Kier alpha value is -3.98. The minimum Gasteiger partial charge on any atom is -0.480 e. The maximum atomic E-state index is 13.9. The van der Waals surface area contributed by atoms with Gasteiger partial charge in [0.2, 0.25) is 10.0 Å². The van der Waals surface area contributed by atoms with E-state index in [4.69, 9.17) is 11.6 Å². The molecule has 7 nitrogen and oxygen atoms in total. The van der Waals surface area contributed by atoms with Gasteiger partial charge in [0, 0.05) is 10.9 Å². The molecule has 4 aromatic rings. The van der Waals surface area contributed by atoms with Crippen molar-refractivity contribution in [1.82, 2.24) is 4.31 Å². The Morgan fingerprint density at radius 1 is 0.795 bits per heavy atom. The number of sulfonamides is 1. The molecular formula is C30H24ClNO6S. The van der Waals surface area contributed by atoms with Crippen LogP contribution in [0.25, 0.3) is 22.3 Å². The van der Waals surface area contributed by atoms with Crippen LogP contribution in [0.1, 0.15) is 17.9 Å². The zero-order chi connectivity index (χ0) is 27.8. The van der Waals surface area contributed by atoms with Crippen molar-refractivity contribution in [3.05, 3.63) is 114 Å². The molecule has 2 atom stereocenters. The molecule has 0 saturated heterocycles. The second-order valence-electron chi connectivity index (χ2n) is 9.38. The van der Waals surface area contributed by atoms with E-state index < -0.39 is 40.0 Å². The van der Waals surface area contributed by atoms with Crippen molar-refractivity contribution in [3.63, 3.8) is 0 Å². The van der Waals surface area contributed by atoms with E-state index in [1.807, 2.05) is 42.5 Å². The van der Waals surface area contributed by atoms with Crippen molar-refractivity contribution in [2.75, 3.05) is 6.54 Å². The summed E-state index contributed by atoms with van der Waals surface area (Å²) >= 11 is 5.95. The summed E-state index contributed by atoms with van der Waals surface area (Å²) in [5, 5.41) is 20.6. The van der Waals surface area contributed by atoms with Gasteiger partial charge in [0.25, 0.3) is 0 Å². The number of carbonyl (C=O) groups is 2. The maximum absolute atomic E-state index is 13.9. The number of rotatable bonds is 9. The van der Waals surface area contributed by atoms with Gasteiger partial charge in [-0.1, -0.05) is 90.5 Å². The van der Waals surface area contributed by atoms with E-state index in [0.717, 1.165) is 22.3 Å². The number of hydrogen-bond acceptors (Lipinski definition) is 4. The summed E-state index contributed by atoms with van der Waals surface area (Å²) in [6.07, 6.45) is -0.0540. The Bertz CT molecular complexity index is 1640. The number of carboxylic acid groups (broad SMARTS) is 2. The fraction of sp³-hybridized carbons (Fsp3) is 0.133. The van der Waals surface area contributed by atoms with Crippen LogP contribution in [0.5, 0.6) is 0 Å². The number of nitrogens with zero attached hydrogens (tertiary/aromatic N) is 1. The monoisotopic (exact) mass is 561 g/mol. The average Bonchev–Trinajstić information content (AvgIpc) is 3.69. The highest BCUT2D eigenvalue weighted by atomic mass is 35.5. The van der Waals surface area contributed by atoms with Crippen LogP contribution in [-0.4, -0.2) is 47.0 Å². The number of carboxylic acids is 2. The summed E-state index contributed by atoms with van der Waals surface area (Å²) in [4.78, 5) is 24.5. The number of aliphatic carboxylic acids is 2. The fourth-order valence-corrected chi connectivity index (χ4v) is 6.92. The molecule has 1 aliphatic carbocycles. The topological polar surface area (TPSA) is 112 Å². The molecule has 198 valence electrons. The van der Waals surface area contributed by atoms with Gasteiger partial charge in [-0.2, -0.15) is 4.31 Å². The molecule has 0 amide bonds. The van der Waals surface area contributed by atoms with Crippen LogP contribution < -0.4 is 0 Å². The van der Waals surface area contributed by atoms with Crippen molar-refractivity contribution in [2.45, 2.75) is 22.8 Å². The van der Waals surface area contributed by atoms with Gasteiger partial charge in [0.1, 0.15) is 12.1 Å². The largest absolute Gasteiger partial charge is 0.480 e. The highest BCUT2D eigenvalue weighted by molar-refractivity contribution is 7.89. The molecule has 39 heavy (non-hydrogen) atoms. The first-order chi connectivity index (χ1) is 18.6. The van der Waals surface area contributed by atoms with Gasteiger partial charge in [-0.05, 0) is 58.5 Å². The zero-order valence-electron chi connectivity index (χ0n) is 20.6. The third-order valence-electron chi connectivity index (χ3n) is 7.07. The summed E-state index contributed by atoms with van der Waals surface area (Å²) in [5.74, 6) is -3.58. The minimum atomic E-state index is -4.51. The Kier molecular flexibility index (Phi) is 7.03. The first-order valence-corrected chi connectivity index (χ1v) is 13.9. The molecule has 0 bridgehead atoms. The summed E-state index contributed by atoms with van der Waals surface area (Å²) in [7, 11) is -4.51. The summed E-state index contributed by atoms with van der Waals surface area (Å²) in [6.45, 7) is -0.989. The van der Waals surface area contributed by atoms with Crippen molar-refractivity contribution in [3.8, 4) is 22.3 Å². The first-order valence-electron chi connectivity index (χ1n) is 12.1. The normalized spacial score (nSPS) is 18.6. The standard InChI is InChI=1S/C30H24ClNO6S/c31-23-14-10-20(11-15-23)21-12-16-24(17-13-21)39(37,38)32(19-28(33)34)30(29(35)36)18-27(30)26-9-5-4-8-25(26)22-6-2-1-3-7-22/h1-17,27H,18-19H2,(H,33,34)(H,35,36). The summed E-state index contributed by atoms with van der Waals surface area (Å²) in [6, 6.07) is 29.5. The maximum Gasteiger partial charge on any atom is 0.325 e. The van der Waals surface area contributed by atoms with Gasteiger partial charge in [0.05, 0.1) is 4.90 Å². The highest BCUT2D eigenvalue weighted by Gasteiger charge is 2.68. The molecule has 5 rings (SSSR count). The van der Waals surface area contributed by atoms with Crippen molar-refractivity contribution >= 4 is 33.6 Å². The van der Waals surface area contributed by atoms with Crippen molar-refractivity contribution in [2.24, 2.45) is 0 Å². The van der Waals surface area contributed by atoms with E-state index >= 15 is 0 Å². The van der Waals surface area contributed by atoms with Gasteiger partial charge in [-0.3, -0.25) is 9.59 Å². The molecule has 2 N–H and O–H groups in total. The third-order valence-corrected chi connectivity index (χ3v) is 9.22. The van der Waals surface area contributed by atoms with Gasteiger partial charge < -0.3 is 10.2 Å².